The van der Waals surface area contributed by atoms with Crippen molar-refractivity contribution < 1.29 is 90.5 Å². The number of ether oxygens (including phenoxy) is 3. The quantitative estimate of drug-likeness (QED) is 0.0598. The maximum atomic E-state index is 13.3. The van der Waals surface area contributed by atoms with E-state index in [0.29, 0.717) is 9.13 Å². The molecule has 0 spiro atoms. The number of rotatable bonds is 16. The van der Waals surface area contributed by atoms with E-state index in [2.05, 4.69) is 19.5 Å². The van der Waals surface area contributed by atoms with Crippen LogP contribution in [0.15, 0.2) is 51.2 Å². The summed E-state index contributed by atoms with van der Waals surface area (Å²) >= 11 is 0. The third kappa shape index (κ3) is 10.8. The molecular weight excluding hydrogens is 895 g/mol. The lowest BCUT2D eigenvalue weighted by molar-refractivity contribution is -0.0679. The third-order valence-electron chi connectivity index (χ3n) is 9.06. The van der Waals surface area contributed by atoms with Gasteiger partial charge in [0.1, 0.15) is 72.4 Å². The van der Waals surface area contributed by atoms with E-state index >= 15 is 0 Å². The predicted octanol–water partition coefficient (Wildman–Crippen LogP) is -5.25. The summed E-state index contributed by atoms with van der Waals surface area (Å²) in [6.45, 7) is -3.16. The van der Waals surface area contributed by atoms with Crippen molar-refractivity contribution >= 4 is 40.9 Å². The van der Waals surface area contributed by atoms with Gasteiger partial charge in [-0.05, 0) is 18.2 Å². The molecule has 3 saturated heterocycles. The monoisotopic (exact) mass is 933 g/mol. The van der Waals surface area contributed by atoms with Gasteiger partial charge in [0.15, 0.2) is 18.7 Å². The number of nitrogen functional groups attached to an aromatic ring is 3. The zero-order valence-electron chi connectivity index (χ0n) is 30.6. The molecule has 3 aromatic heterocycles. The molecule has 3 aliphatic heterocycles. The van der Waals surface area contributed by atoms with Crippen molar-refractivity contribution in [2.24, 2.45) is 0 Å². The first-order chi connectivity index (χ1) is 28.4. The zero-order valence-corrected chi connectivity index (χ0v) is 33.2. The van der Waals surface area contributed by atoms with Gasteiger partial charge in [0.25, 0.3) is 0 Å². The molecule has 338 valence electrons. The van der Waals surface area contributed by atoms with Crippen molar-refractivity contribution in [2.45, 2.75) is 73.6 Å². The summed E-state index contributed by atoms with van der Waals surface area (Å²) in [5.74, 6) is -0.686. The zero-order chi connectivity index (χ0) is 44.8. The van der Waals surface area contributed by atoms with E-state index in [9.17, 15) is 58.3 Å². The van der Waals surface area contributed by atoms with Gasteiger partial charge in [-0.15, -0.1) is 0 Å². The van der Waals surface area contributed by atoms with Crippen LogP contribution < -0.4 is 34.3 Å². The van der Waals surface area contributed by atoms with Crippen molar-refractivity contribution in [3.63, 3.8) is 0 Å². The molecule has 31 nitrogen and oxygen atoms in total. The predicted molar refractivity (Wildman–Crippen MR) is 194 cm³/mol. The first kappa shape index (κ1) is 46.6. The van der Waals surface area contributed by atoms with Crippen LogP contribution in [0.5, 0.6) is 0 Å². The minimum atomic E-state index is -5.50. The van der Waals surface area contributed by atoms with Gasteiger partial charge in [-0.25, -0.2) is 28.1 Å². The summed E-state index contributed by atoms with van der Waals surface area (Å²) in [6.07, 6.45) is -19.2. The van der Waals surface area contributed by atoms with E-state index in [4.69, 9.17) is 59.3 Å². The van der Waals surface area contributed by atoms with Crippen LogP contribution in [-0.2, 0) is 50.5 Å². The number of aliphatic hydroxyl groups excluding tert-OH is 4. The normalized spacial score (nSPS) is 32.5. The molecule has 0 aliphatic carbocycles. The average molecular weight is 934 g/mol. The second-order valence-electron chi connectivity index (χ2n) is 13.2. The number of hydrogen-bond donors (Lipinski definition) is 11. The first-order valence-corrected chi connectivity index (χ1v) is 21.7. The summed E-state index contributed by atoms with van der Waals surface area (Å²) in [7, 11) is -16.1. The molecule has 3 aromatic rings. The van der Waals surface area contributed by atoms with E-state index in [-0.39, 0.29) is 17.5 Å². The number of hydrogen-bond acceptors (Lipinski definition) is 24. The molecule has 0 saturated carbocycles. The average Bonchev–Trinajstić information content (AvgIpc) is 3.73. The number of anilines is 3. The SMILES string of the molecule is Nc1ccn(C2O[C@H](COP(=O)(O)O[C@H]3C(n4ccc(N)nc4=O)O[C@H](COP(=O)(O)O[C@H]4C(n5ccc(N)nc5=O)O[C@H](COP(=O)(O)O)[C@H]4O)[C@H]3O)[C@@H](O)[C@H]2O)c(=O)n1. The van der Waals surface area contributed by atoms with E-state index in [1.807, 2.05) is 0 Å². The molecular formula is C27H38N9O22P3. The Morgan fingerprint density at radius 3 is 1.23 bits per heavy atom. The highest BCUT2D eigenvalue weighted by Gasteiger charge is 2.53. The Balaban J connectivity index is 1.16. The van der Waals surface area contributed by atoms with Crippen molar-refractivity contribution in [3.8, 4) is 0 Å². The fourth-order valence-electron chi connectivity index (χ4n) is 6.22. The molecule has 14 N–H and O–H groups in total. The maximum Gasteiger partial charge on any atom is 0.472 e. The van der Waals surface area contributed by atoms with Crippen LogP contribution in [0.2, 0.25) is 0 Å². The lowest BCUT2D eigenvalue weighted by Crippen LogP contribution is -2.39. The van der Waals surface area contributed by atoms with Crippen molar-refractivity contribution in [1.29, 1.82) is 0 Å². The van der Waals surface area contributed by atoms with Crippen LogP contribution in [0.25, 0.3) is 0 Å². The summed E-state index contributed by atoms with van der Waals surface area (Å²) in [5.41, 5.74) is 13.3. The molecule has 34 heteroatoms. The highest BCUT2D eigenvalue weighted by molar-refractivity contribution is 7.47. The molecule has 0 amide bonds. The number of nitrogens with two attached hydrogens (primary N) is 3. The van der Waals surface area contributed by atoms with Gasteiger partial charge in [0, 0.05) is 18.6 Å². The lowest BCUT2D eigenvalue weighted by Gasteiger charge is -2.25. The van der Waals surface area contributed by atoms with Crippen LogP contribution in [0.3, 0.4) is 0 Å². The largest absolute Gasteiger partial charge is 0.472 e. The van der Waals surface area contributed by atoms with Crippen LogP contribution in [-0.4, -0.2) is 143 Å². The van der Waals surface area contributed by atoms with Gasteiger partial charge in [-0.1, -0.05) is 0 Å². The lowest BCUT2D eigenvalue weighted by atomic mass is 10.1. The number of phosphoric ester groups is 3. The third-order valence-corrected chi connectivity index (χ3v) is 11.5. The van der Waals surface area contributed by atoms with Gasteiger partial charge in [-0.2, -0.15) is 15.0 Å². The number of phosphoric acid groups is 3. The van der Waals surface area contributed by atoms with Gasteiger partial charge >= 0.3 is 40.5 Å². The van der Waals surface area contributed by atoms with Gasteiger partial charge in [0.2, 0.25) is 0 Å². The molecule has 5 unspecified atom stereocenters. The summed E-state index contributed by atoms with van der Waals surface area (Å²) in [5, 5.41) is 43.2. The van der Waals surface area contributed by atoms with Gasteiger partial charge in [-0.3, -0.25) is 36.3 Å². The minimum absolute atomic E-state index is 0.155. The first-order valence-electron chi connectivity index (χ1n) is 17.2. The molecule has 0 radical (unpaired) electrons. The Labute approximate surface area is 338 Å². The fourth-order valence-corrected chi connectivity index (χ4v) is 8.42. The number of aliphatic hydroxyl groups is 4. The fraction of sp³-hybridized carbons (Fsp3) is 0.556. The Morgan fingerprint density at radius 1 is 0.541 bits per heavy atom. The second-order valence-corrected chi connectivity index (χ2v) is 17.3. The van der Waals surface area contributed by atoms with E-state index < -0.39 is 134 Å². The van der Waals surface area contributed by atoms with Crippen molar-refractivity contribution in [2.75, 3.05) is 37.0 Å². The van der Waals surface area contributed by atoms with Crippen LogP contribution >= 0.6 is 23.5 Å². The van der Waals surface area contributed by atoms with Crippen LogP contribution in [0, 0.1) is 0 Å². The van der Waals surface area contributed by atoms with E-state index in [1.165, 1.54) is 6.07 Å². The molecule has 0 bridgehead atoms. The standard InChI is InChI=1S/C27H38N9O22P3/c28-13-1-4-34(25(41)31-13)22-19(40)16(37)10(54-22)8-52-60(47,48)58-21-18(39)12(56-24(21)36-6-3-15(30)33-27(36)43)9-53-61(49,50)57-20-17(38)11(7-51-59(44,45)46)55-23(20)35-5-2-14(29)32-26(35)42/h1-6,10-12,16-24,37-40H,7-9H2,(H,47,48)(H,49,50)(H2,28,31,41)(H2,29,32,42)(H2,30,33,43)(H2,44,45,46)/t10-,11-,12-,16-,17-,18-,19-,20-,21-,22?,23?,24?/m1/s1. The van der Waals surface area contributed by atoms with Gasteiger partial charge < -0.3 is 71.4 Å². The van der Waals surface area contributed by atoms with E-state index in [0.717, 1.165) is 35.3 Å². The minimum Gasteiger partial charge on any atom is -0.387 e. The summed E-state index contributed by atoms with van der Waals surface area (Å²) in [4.78, 5) is 87.8. The number of aromatic nitrogens is 6. The molecule has 6 heterocycles. The van der Waals surface area contributed by atoms with Gasteiger partial charge in [0.05, 0.1) is 19.8 Å². The Morgan fingerprint density at radius 2 is 0.869 bits per heavy atom. The molecule has 3 aliphatic rings. The topological polar surface area (TPSA) is 470 Å². The highest BCUT2D eigenvalue weighted by Crippen LogP contribution is 2.52. The molecule has 14 atom stereocenters. The maximum absolute atomic E-state index is 13.3. The molecule has 6 rings (SSSR count). The molecule has 3 fully saturated rings. The number of nitrogens with zero attached hydrogens (tertiary/aromatic N) is 6. The molecule has 0 aromatic carbocycles. The Kier molecular flexibility index (Phi) is 13.8. The smallest absolute Gasteiger partial charge is 0.387 e. The van der Waals surface area contributed by atoms with Crippen LogP contribution in [0.1, 0.15) is 18.7 Å². The van der Waals surface area contributed by atoms with Crippen LogP contribution in [0.4, 0.5) is 17.5 Å². The second kappa shape index (κ2) is 18.1. The van der Waals surface area contributed by atoms with Crippen molar-refractivity contribution in [3.05, 3.63) is 68.2 Å². The highest BCUT2D eigenvalue weighted by atomic mass is 31.2. The van der Waals surface area contributed by atoms with Crippen molar-refractivity contribution in [1.82, 2.24) is 28.7 Å². The summed E-state index contributed by atoms with van der Waals surface area (Å²) < 4.78 is 81.2. The van der Waals surface area contributed by atoms with E-state index in [1.54, 1.807) is 0 Å². The Bertz CT molecular complexity index is 2400. The Hall–Kier alpha value is -3.91. The summed E-state index contributed by atoms with van der Waals surface area (Å²) in [6, 6.07) is 3.39. The molecule has 61 heavy (non-hydrogen) atoms.